The van der Waals surface area contributed by atoms with Gasteiger partial charge in [0.15, 0.2) is 0 Å². The van der Waals surface area contributed by atoms with Crippen molar-refractivity contribution in [2.45, 2.75) is 64.9 Å². The Morgan fingerprint density at radius 2 is 1.90 bits per heavy atom. The van der Waals surface area contributed by atoms with Gasteiger partial charge in [-0.15, -0.1) is 0 Å². The zero-order chi connectivity index (χ0) is 15.3. The monoisotopic (exact) mass is 291 g/mol. The number of anilines is 1. The Balaban J connectivity index is 2.18. The lowest BCUT2D eigenvalue weighted by atomic mass is 9.93. The van der Waals surface area contributed by atoms with E-state index in [0.29, 0.717) is 0 Å². The van der Waals surface area contributed by atoms with Gasteiger partial charge in [-0.3, -0.25) is 0 Å². The van der Waals surface area contributed by atoms with Crippen LogP contribution in [0.25, 0.3) is 0 Å². The Morgan fingerprint density at radius 3 is 2.57 bits per heavy atom. The summed E-state index contributed by atoms with van der Waals surface area (Å²) in [6.07, 6.45) is 7.05. The lowest BCUT2D eigenvalue weighted by molar-refractivity contribution is 0.0571. The molecule has 1 heterocycles. The van der Waals surface area contributed by atoms with Crippen LogP contribution in [-0.2, 0) is 0 Å². The van der Waals surface area contributed by atoms with Crippen molar-refractivity contribution in [3.63, 3.8) is 0 Å². The number of phenolic OH excluding ortho intramolecular Hbond substituents is 1. The zero-order valence-corrected chi connectivity index (χ0v) is 13.7. The molecule has 0 spiro atoms. The minimum Gasteiger partial charge on any atom is -0.508 e. The minimum absolute atomic E-state index is 0.119. The highest BCUT2D eigenvalue weighted by atomic mass is 16.5. The van der Waals surface area contributed by atoms with E-state index in [1.807, 2.05) is 6.07 Å². The molecule has 0 atom stereocenters. The third-order valence-corrected chi connectivity index (χ3v) is 4.66. The molecule has 1 aromatic rings. The van der Waals surface area contributed by atoms with Gasteiger partial charge in [0.05, 0.1) is 12.2 Å². The number of fused-ring (bicyclic) bond motifs is 1. The number of benzene rings is 1. The highest BCUT2D eigenvalue weighted by molar-refractivity contribution is 5.63. The molecule has 0 fully saturated rings. The number of aromatic hydroxyl groups is 1. The maximum Gasteiger partial charge on any atom is 0.147 e. The van der Waals surface area contributed by atoms with Gasteiger partial charge < -0.3 is 14.7 Å². The van der Waals surface area contributed by atoms with Gasteiger partial charge in [-0.05, 0) is 31.4 Å². The lowest BCUT2D eigenvalue weighted by Gasteiger charge is -2.44. The van der Waals surface area contributed by atoms with E-state index in [4.69, 9.17) is 4.74 Å². The third-order valence-electron chi connectivity index (χ3n) is 4.66. The van der Waals surface area contributed by atoms with Gasteiger partial charge in [0.2, 0.25) is 0 Å². The van der Waals surface area contributed by atoms with Crippen LogP contribution in [0.2, 0.25) is 0 Å². The van der Waals surface area contributed by atoms with Crippen LogP contribution in [0.3, 0.4) is 0 Å². The molecule has 0 aliphatic carbocycles. The quantitative estimate of drug-likeness (QED) is 0.737. The predicted molar refractivity (Wildman–Crippen MR) is 88.4 cm³/mol. The normalized spacial score (nSPS) is 16.4. The fourth-order valence-corrected chi connectivity index (χ4v) is 3.09. The molecule has 0 unspecified atom stereocenters. The summed E-state index contributed by atoms with van der Waals surface area (Å²) in [7, 11) is 0. The Morgan fingerprint density at radius 1 is 1.14 bits per heavy atom. The number of hydrogen-bond acceptors (Lipinski definition) is 3. The van der Waals surface area contributed by atoms with Gasteiger partial charge in [-0.25, -0.2) is 0 Å². The highest BCUT2D eigenvalue weighted by Crippen LogP contribution is 2.41. The van der Waals surface area contributed by atoms with Crippen molar-refractivity contribution >= 4 is 5.69 Å². The molecule has 0 amide bonds. The number of phenols is 1. The van der Waals surface area contributed by atoms with Crippen LogP contribution >= 0.6 is 0 Å². The number of unbranched alkanes of at least 4 members (excludes halogenated alkanes) is 3. The predicted octanol–water partition coefficient (Wildman–Crippen LogP) is 4.73. The van der Waals surface area contributed by atoms with Crippen molar-refractivity contribution in [3.05, 3.63) is 18.2 Å². The largest absolute Gasteiger partial charge is 0.508 e. The van der Waals surface area contributed by atoms with E-state index in [2.05, 4.69) is 25.7 Å². The molecule has 3 heteroatoms. The van der Waals surface area contributed by atoms with E-state index < -0.39 is 0 Å². The van der Waals surface area contributed by atoms with E-state index in [1.165, 1.54) is 25.7 Å². The molecule has 1 aromatic carbocycles. The van der Waals surface area contributed by atoms with Gasteiger partial charge >= 0.3 is 0 Å². The Labute approximate surface area is 128 Å². The summed E-state index contributed by atoms with van der Waals surface area (Å²) in [5.41, 5.74) is 1.01. The molecule has 0 bridgehead atoms. The molecule has 118 valence electrons. The van der Waals surface area contributed by atoms with Crippen LogP contribution in [0, 0.1) is 0 Å². The number of hydrogen-bond donors (Lipinski definition) is 1. The molecule has 0 saturated carbocycles. The zero-order valence-electron chi connectivity index (χ0n) is 13.7. The summed E-state index contributed by atoms with van der Waals surface area (Å²) in [5.74, 6) is 1.11. The molecule has 0 saturated heterocycles. The summed E-state index contributed by atoms with van der Waals surface area (Å²) in [6, 6.07) is 5.50. The first-order valence-electron chi connectivity index (χ1n) is 8.41. The first-order valence-corrected chi connectivity index (χ1v) is 8.41. The van der Waals surface area contributed by atoms with Crippen molar-refractivity contribution in [3.8, 4) is 11.5 Å². The summed E-state index contributed by atoms with van der Waals surface area (Å²) < 4.78 is 6.25. The van der Waals surface area contributed by atoms with Crippen molar-refractivity contribution in [1.29, 1.82) is 0 Å². The average molecular weight is 291 g/mol. The van der Waals surface area contributed by atoms with E-state index in [0.717, 1.165) is 37.4 Å². The number of rotatable bonds is 7. The molecular weight excluding hydrogens is 262 g/mol. The van der Waals surface area contributed by atoms with Crippen LogP contribution in [0.5, 0.6) is 11.5 Å². The van der Waals surface area contributed by atoms with Crippen molar-refractivity contribution in [1.82, 2.24) is 0 Å². The molecule has 0 aromatic heterocycles. The second-order valence-electron chi connectivity index (χ2n) is 6.13. The minimum atomic E-state index is -0.119. The van der Waals surface area contributed by atoms with Gasteiger partial charge in [0.1, 0.15) is 17.1 Å². The summed E-state index contributed by atoms with van der Waals surface area (Å²) in [5, 5.41) is 9.74. The molecule has 1 aliphatic heterocycles. The smallest absolute Gasteiger partial charge is 0.147 e. The van der Waals surface area contributed by atoms with Crippen LogP contribution in [0.15, 0.2) is 18.2 Å². The topological polar surface area (TPSA) is 32.7 Å². The Bertz CT molecular complexity index is 455. The number of ether oxygens (including phenoxy) is 1. The first kappa shape index (κ1) is 16.0. The molecule has 0 radical (unpaired) electrons. The van der Waals surface area contributed by atoms with Crippen LogP contribution in [0.1, 0.15) is 59.3 Å². The molecule has 1 N–H and O–H groups in total. The summed E-state index contributed by atoms with van der Waals surface area (Å²) in [4.78, 5) is 2.45. The maximum absolute atomic E-state index is 9.74. The Hall–Kier alpha value is -1.38. The summed E-state index contributed by atoms with van der Waals surface area (Å²) in [6.45, 7) is 8.64. The second-order valence-corrected chi connectivity index (χ2v) is 6.13. The van der Waals surface area contributed by atoms with Crippen molar-refractivity contribution in [2.75, 3.05) is 18.0 Å². The van der Waals surface area contributed by atoms with Crippen LogP contribution < -0.4 is 9.64 Å². The third kappa shape index (κ3) is 3.63. The van der Waals surface area contributed by atoms with E-state index in [1.54, 1.807) is 12.1 Å². The second kappa shape index (κ2) is 7.06. The van der Waals surface area contributed by atoms with Gasteiger partial charge in [-0.2, -0.15) is 0 Å². The van der Waals surface area contributed by atoms with Crippen LogP contribution in [-0.4, -0.2) is 23.8 Å². The Kier molecular flexibility index (Phi) is 5.38. The molecular formula is C18H29NO2. The standard InChI is InChI=1S/C18H29NO2/c1-4-7-8-9-12-19-14-18(5-2,6-3)21-17-13-15(20)10-11-16(17)19/h10-11,13,20H,4-9,12,14H2,1-3H3. The molecule has 3 nitrogen and oxygen atoms in total. The fourth-order valence-electron chi connectivity index (χ4n) is 3.09. The van der Waals surface area contributed by atoms with E-state index in [9.17, 15) is 5.11 Å². The maximum atomic E-state index is 9.74. The SMILES string of the molecule is CCCCCCN1CC(CC)(CC)Oc2cc(O)ccc21. The fraction of sp³-hybridized carbons (Fsp3) is 0.667. The number of nitrogens with zero attached hydrogens (tertiary/aromatic N) is 1. The van der Waals surface area contributed by atoms with E-state index in [-0.39, 0.29) is 11.4 Å². The van der Waals surface area contributed by atoms with Crippen LogP contribution in [0.4, 0.5) is 5.69 Å². The first-order chi connectivity index (χ1) is 10.1. The van der Waals surface area contributed by atoms with Gasteiger partial charge in [-0.1, -0.05) is 40.0 Å². The molecule has 2 rings (SSSR count). The average Bonchev–Trinajstić information content (AvgIpc) is 2.50. The van der Waals surface area contributed by atoms with Gasteiger partial charge in [0, 0.05) is 12.6 Å². The summed E-state index contributed by atoms with van der Waals surface area (Å²) >= 11 is 0. The van der Waals surface area contributed by atoms with E-state index >= 15 is 0 Å². The molecule has 21 heavy (non-hydrogen) atoms. The lowest BCUT2D eigenvalue weighted by Crippen LogP contribution is -2.50. The molecule has 1 aliphatic rings. The highest BCUT2D eigenvalue weighted by Gasteiger charge is 2.36. The van der Waals surface area contributed by atoms with Crippen molar-refractivity contribution in [2.24, 2.45) is 0 Å². The van der Waals surface area contributed by atoms with Gasteiger partial charge in [0.25, 0.3) is 0 Å². The van der Waals surface area contributed by atoms with Crippen molar-refractivity contribution < 1.29 is 9.84 Å².